The first-order valence-corrected chi connectivity index (χ1v) is 7.72. The lowest BCUT2D eigenvalue weighted by Gasteiger charge is -2.34. The van der Waals surface area contributed by atoms with E-state index in [1.807, 2.05) is 6.92 Å². The number of likely N-dealkylation sites (tertiary alicyclic amines) is 1. The number of rotatable bonds is 5. The van der Waals surface area contributed by atoms with Gasteiger partial charge in [-0.3, -0.25) is 9.69 Å². The van der Waals surface area contributed by atoms with Crippen LogP contribution in [0.15, 0.2) is 24.3 Å². The minimum atomic E-state index is -4.73. The van der Waals surface area contributed by atoms with Gasteiger partial charge in [0.1, 0.15) is 5.75 Å². The lowest BCUT2D eigenvalue weighted by atomic mass is 10.1. The molecule has 1 atom stereocenters. The summed E-state index contributed by atoms with van der Waals surface area (Å²) in [5, 5.41) is 2.71. The van der Waals surface area contributed by atoms with Gasteiger partial charge in [0.05, 0.1) is 12.1 Å². The van der Waals surface area contributed by atoms with Gasteiger partial charge in [-0.2, -0.15) is 0 Å². The van der Waals surface area contributed by atoms with Gasteiger partial charge < -0.3 is 14.8 Å². The van der Waals surface area contributed by atoms with Crippen molar-refractivity contribution >= 4 is 11.6 Å². The molecule has 2 rings (SSSR count). The van der Waals surface area contributed by atoms with Gasteiger partial charge in [-0.1, -0.05) is 0 Å². The number of carbonyl (C=O) groups excluding carboxylic acids is 1. The second-order valence-electron chi connectivity index (χ2n) is 5.71. The van der Waals surface area contributed by atoms with Crippen molar-refractivity contribution < 1.29 is 27.4 Å². The van der Waals surface area contributed by atoms with E-state index in [4.69, 9.17) is 4.74 Å². The van der Waals surface area contributed by atoms with Crippen LogP contribution >= 0.6 is 0 Å². The summed E-state index contributed by atoms with van der Waals surface area (Å²) in [4.78, 5) is 14.3. The number of carbonyl (C=O) groups is 1. The van der Waals surface area contributed by atoms with Crippen molar-refractivity contribution in [3.63, 3.8) is 0 Å². The fraction of sp³-hybridized carbons (Fsp3) is 0.562. The van der Waals surface area contributed by atoms with E-state index >= 15 is 0 Å². The van der Waals surface area contributed by atoms with Crippen molar-refractivity contribution in [1.82, 2.24) is 4.90 Å². The molecule has 0 aliphatic carbocycles. The molecule has 0 spiro atoms. The van der Waals surface area contributed by atoms with E-state index < -0.39 is 6.36 Å². The Morgan fingerprint density at radius 2 is 1.83 bits per heavy atom. The SMILES string of the molecule is COC1CCN(C(C)C(=O)Nc2ccc(OC(F)(F)F)cc2)CC1. The highest BCUT2D eigenvalue weighted by Crippen LogP contribution is 2.24. The number of methoxy groups -OCH3 is 1. The predicted molar refractivity (Wildman–Crippen MR) is 82.8 cm³/mol. The molecule has 24 heavy (non-hydrogen) atoms. The minimum absolute atomic E-state index is 0.199. The Balaban J connectivity index is 1.87. The largest absolute Gasteiger partial charge is 0.573 e. The third kappa shape index (κ3) is 5.38. The zero-order chi connectivity index (χ0) is 17.7. The minimum Gasteiger partial charge on any atom is -0.406 e. The number of anilines is 1. The first kappa shape index (κ1) is 18.5. The van der Waals surface area contributed by atoms with Crippen LogP contribution in [0.2, 0.25) is 0 Å². The quantitative estimate of drug-likeness (QED) is 0.890. The Hall–Kier alpha value is -1.80. The van der Waals surface area contributed by atoms with Crippen LogP contribution in [0.3, 0.4) is 0 Å². The highest BCUT2D eigenvalue weighted by Gasteiger charge is 2.31. The van der Waals surface area contributed by atoms with Crippen LogP contribution in [-0.4, -0.2) is 49.5 Å². The van der Waals surface area contributed by atoms with Crippen LogP contribution in [0, 0.1) is 0 Å². The normalized spacial score (nSPS) is 18.2. The molecule has 8 heteroatoms. The lowest BCUT2D eigenvalue weighted by molar-refractivity contribution is -0.274. The van der Waals surface area contributed by atoms with Gasteiger partial charge in [-0.15, -0.1) is 13.2 Å². The first-order chi connectivity index (χ1) is 11.3. The molecule has 1 aromatic rings. The lowest BCUT2D eigenvalue weighted by Crippen LogP contribution is -2.47. The number of alkyl halides is 3. The molecular formula is C16H21F3N2O3. The van der Waals surface area contributed by atoms with Gasteiger partial charge in [0.15, 0.2) is 0 Å². The molecule has 134 valence electrons. The molecule has 1 unspecified atom stereocenters. The second-order valence-corrected chi connectivity index (χ2v) is 5.71. The summed E-state index contributed by atoms with van der Waals surface area (Å²) in [5.74, 6) is -0.523. The second kappa shape index (κ2) is 7.85. The van der Waals surface area contributed by atoms with Gasteiger partial charge >= 0.3 is 6.36 Å². The molecule has 0 aromatic heterocycles. The number of amides is 1. The molecule has 1 aliphatic rings. The Morgan fingerprint density at radius 1 is 1.25 bits per heavy atom. The van der Waals surface area contributed by atoms with E-state index in [-0.39, 0.29) is 23.8 Å². The van der Waals surface area contributed by atoms with E-state index in [1.54, 1.807) is 7.11 Å². The molecule has 1 aromatic carbocycles. The standard InChI is InChI=1S/C16H21F3N2O3/c1-11(21-9-7-13(23-2)8-10-21)15(22)20-12-3-5-14(6-4-12)24-16(17,18)19/h3-6,11,13H,7-10H2,1-2H3,(H,20,22). The Morgan fingerprint density at radius 3 is 2.33 bits per heavy atom. The van der Waals surface area contributed by atoms with Gasteiger partial charge in [0, 0.05) is 25.9 Å². The molecule has 1 aliphatic heterocycles. The van der Waals surface area contributed by atoms with Crippen LogP contribution in [0.5, 0.6) is 5.75 Å². The summed E-state index contributed by atoms with van der Waals surface area (Å²) in [6.45, 7) is 3.35. The van der Waals surface area contributed by atoms with Crippen molar-refractivity contribution in [1.29, 1.82) is 0 Å². The zero-order valence-corrected chi connectivity index (χ0v) is 13.6. The highest BCUT2D eigenvalue weighted by atomic mass is 19.4. The zero-order valence-electron chi connectivity index (χ0n) is 13.6. The summed E-state index contributed by atoms with van der Waals surface area (Å²) >= 11 is 0. The van der Waals surface area contributed by atoms with Crippen LogP contribution in [0.4, 0.5) is 18.9 Å². The third-order valence-electron chi connectivity index (χ3n) is 4.09. The summed E-state index contributed by atoms with van der Waals surface area (Å²) < 4.78 is 45.4. The van der Waals surface area contributed by atoms with E-state index in [9.17, 15) is 18.0 Å². The number of benzene rings is 1. The molecule has 1 amide bonds. The molecule has 0 saturated carbocycles. The maximum atomic E-state index is 12.3. The first-order valence-electron chi connectivity index (χ1n) is 7.72. The average molecular weight is 346 g/mol. The molecular weight excluding hydrogens is 325 g/mol. The summed E-state index contributed by atoms with van der Waals surface area (Å²) in [6, 6.07) is 4.76. The van der Waals surface area contributed by atoms with E-state index in [1.165, 1.54) is 12.1 Å². The maximum Gasteiger partial charge on any atom is 0.573 e. The van der Waals surface area contributed by atoms with Gasteiger partial charge in [0.2, 0.25) is 5.91 Å². The molecule has 1 heterocycles. The Labute approximate surface area is 138 Å². The van der Waals surface area contributed by atoms with E-state index in [0.717, 1.165) is 38.1 Å². The average Bonchev–Trinajstić information content (AvgIpc) is 2.54. The number of hydrogen-bond donors (Lipinski definition) is 1. The van der Waals surface area contributed by atoms with E-state index in [0.29, 0.717) is 5.69 Å². The topological polar surface area (TPSA) is 50.8 Å². The van der Waals surface area contributed by atoms with Crippen LogP contribution in [0.1, 0.15) is 19.8 Å². The Kier molecular flexibility index (Phi) is 6.06. The summed E-state index contributed by atoms with van der Waals surface area (Å²) in [7, 11) is 1.68. The van der Waals surface area contributed by atoms with Gasteiger partial charge in [0.25, 0.3) is 0 Å². The van der Waals surface area contributed by atoms with Crippen LogP contribution in [-0.2, 0) is 9.53 Å². The molecule has 5 nitrogen and oxygen atoms in total. The predicted octanol–water partition coefficient (Wildman–Crippen LogP) is 3.02. The molecule has 0 bridgehead atoms. The summed E-state index contributed by atoms with van der Waals surface area (Å²) in [5.41, 5.74) is 0.424. The van der Waals surface area contributed by atoms with Gasteiger partial charge in [-0.05, 0) is 44.0 Å². The third-order valence-corrected chi connectivity index (χ3v) is 4.09. The van der Waals surface area contributed by atoms with Crippen LogP contribution < -0.4 is 10.1 Å². The number of hydrogen-bond acceptors (Lipinski definition) is 4. The number of ether oxygens (including phenoxy) is 2. The van der Waals surface area contributed by atoms with Crippen molar-refractivity contribution in [3.05, 3.63) is 24.3 Å². The van der Waals surface area contributed by atoms with Gasteiger partial charge in [-0.25, -0.2) is 0 Å². The monoisotopic (exact) mass is 346 g/mol. The molecule has 1 saturated heterocycles. The number of nitrogens with one attached hydrogen (secondary N) is 1. The molecule has 1 fully saturated rings. The highest BCUT2D eigenvalue weighted by molar-refractivity contribution is 5.94. The molecule has 0 radical (unpaired) electrons. The van der Waals surface area contributed by atoms with E-state index in [2.05, 4.69) is 15.0 Å². The number of piperidine rings is 1. The number of halogens is 3. The maximum absolute atomic E-state index is 12.3. The smallest absolute Gasteiger partial charge is 0.406 e. The number of nitrogens with zero attached hydrogens (tertiary/aromatic N) is 1. The van der Waals surface area contributed by atoms with Crippen molar-refractivity contribution in [3.8, 4) is 5.75 Å². The van der Waals surface area contributed by atoms with Crippen molar-refractivity contribution in [2.24, 2.45) is 0 Å². The fourth-order valence-corrected chi connectivity index (χ4v) is 2.65. The Bertz CT molecular complexity index is 540. The fourth-order valence-electron chi connectivity index (χ4n) is 2.65. The van der Waals surface area contributed by atoms with Crippen molar-refractivity contribution in [2.45, 2.75) is 38.3 Å². The van der Waals surface area contributed by atoms with Crippen LogP contribution in [0.25, 0.3) is 0 Å². The summed E-state index contributed by atoms with van der Waals surface area (Å²) in [6.07, 6.45) is -2.75. The van der Waals surface area contributed by atoms with Crippen molar-refractivity contribution in [2.75, 3.05) is 25.5 Å². The molecule has 1 N–H and O–H groups in total.